The molecule has 6 heteroatoms. The Kier molecular flexibility index (Phi) is 4.92. The van der Waals surface area contributed by atoms with Crippen LogP contribution in [0.15, 0.2) is 24.3 Å². The van der Waals surface area contributed by atoms with E-state index in [4.69, 9.17) is 11.5 Å². The molecule has 0 radical (unpaired) electrons. The number of nitrogens with two attached hydrogens (primary N) is 2. The lowest BCUT2D eigenvalue weighted by atomic mass is 10.0. The van der Waals surface area contributed by atoms with Crippen molar-refractivity contribution in [1.29, 1.82) is 5.26 Å². The summed E-state index contributed by atoms with van der Waals surface area (Å²) in [6.45, 7) is 6.91. The first-order valence-electron chi connectivity index (χ1n) is 7.24. The zero-order valence-electron chi connectivity index (χ0n) is 12.9. The molecule has 0 amide bonds. The largest absolute Gasteiger partial charge is 0.382 e. The average Bonchev–Trinajstić information content (AvgIpc) is 2.52. The van der Waals surface area contributed by atoms with Crippen molar-refractivity contribution in [3.05, 3.63) is 35.4 Å². The van der Waals surface area contributed by atoms with Gasteiger partial charge in [-0.1, -0.05) is 38.1 Å². The van der Waals surface area contributed by atoms with E-state index < -0.39 is 0 Å². The van der Waals surface area contributed by atoms with Crippen LogP contribution < -0.4 is 11.5 Å². The third-order valence-electron chi connectivity index (χ3n) is 3.63. The molecule has 0 bridgehead atoms. The molecule has 1 heterocycles. The SMILES string of the molecule is CCN(CC)Cc1ccccc1-c1nc(N)nc(N)c1C#N. The lowest BCUT2D eigenvalue weighted by Gasteiger charge is -2.20. The molecule has 0 aliphatic carbocycles. The summed E-state index contributed by atoms with van der Waals surface area (Å²) in [5.74, 6) is 0.187. The van der Waals surface area contributed by atoms with E-state index in [1.807, 2.05) is 24.3 Å². The summed E-state index contributed by atoms with van der Waals surface area (Å²) in [6, 6.07) is 9.93. The second kappa shape index (κ2) is 6.87. The van der Waals surface area contributed by atoms with Crippen LogP contribution in [-0.2, 0) is 6.54 Å². The summed E-state index contributed by atoms with van der Waals surface area (Å²) in [7, 11) is 0. The van der Waals surface area contributed by atoms with Crippen molar-refractivity contribution in [2.24, 2.45) is 0 Å². The molecule has 0 atom stereocenters. The Labute approximate surface area is 130 Å². The third-order valence-corrected chi connectivity index (χ3v) is 3.63. The normalized spacial score (nSPS) is 10.6. The Hall–Kier alpha value is -2.65. The summed E-state index contributed by atoms with van der Waals surface area (Å²) in [4.78, 5) is 10.4. The maximum Gasteiger partial charge on any atom is 0.222 e. The van der Waals surface area contributed by atoms with Crippen molar-refractivity contribution in [2.75, 3.05) is 24.6 Å². The predicted octanol–water partition coefficient (Wildman–Crippen LogP) is 2.02. The first-order valence-corrected chi connectivity index (χ1v) is 7.24. The van der Waals surface area contributed by atoms with Crippen LogP contribution in [0.3, 0.4) is 0 Å². The van der Waals surface area contributed by atoms with Crippen molar-refractivity contribution in [3.8, 4) is 17.3 Å². The third kappa shape index (κ3) is 3.15. The van der Waals surface area contributed by atoms with E-state index in [9.17, 15) is 5.26 Å². The zero-order valence-corrected chi connectivity index (χ0v) is 12.9. The van der Waals surface area contributed by atoms with E-state index in [-0.39, 0.29) is 17.3 Å². The smallest absolute Gasteiger partial charge is 0.222 e. The summed E-state index contributed by atoms with van der Waals surface area (Å²) in [5, 5.41) is 9.36. The van der Waals surface area contributed by atoms with E-state index in [0.29, 0.717) is 5.69 Å². The maximum atomic E-state index is 9.36. The highest BCUT2D eigenvalue weighted by Gasteiger charge is 2.16. The number of hydrogen-bond donors (Lipinski definition) is 2. The predicted molar refractivity (Wildman–Crippen MR) is 87.6 cm³/mol. The van der Waals surface area contributed by atoms with Gasteiger partial charge in [0.2, 0.25) is 5.95 Å². The van der Waals surface area contributed by atoms with Crippen molar-refractivity contribution in [1.82, 2.24) is 14.9 Å². The highest BCUT2D eigenvalue weighted by Crippen LogP contribution is 2.28. The average molecular weight is 296 g/mol. The van der Waals surface area contributed by atoms with E-state index in [1.165, 1.54) is 0 Å². The Bertz CT molecular complexity index is 700. The van der Waals surface area contributed by atoms with Crippen LogP contribution in [-0.4, -0.2) is 28.0 Å². The topological polar surface area (TPSA) is 105 Å². The van der Waals surface area contributed by atoms with Crippen LogP contribution in [0.5, 0.6) is 0 Å². The Morgan fingerprint density at radius 3 is 2.45 bits per heavy atom. The van der Waals surface area contributed by atoms with E-state index >= 15 is 0 Å². The van der Waals surface area contributed by atoms with Gasteiger partial charge in [-0.05, 0) is 18.7 Å². The fourth-order valence-corrected chi connectivity index (χ4v) is 2.38. The molecular formula is C16H20N6. The van der Waals surface area contributed by atoms with Gasteiger partial charge in [0.15, 0.2) is 0 Å². The number of aromatic nitrogens is 2. The van der Waals surface area contributed by atoms with E-state index in [1.54, 1.807) is 0 Å². The fourth-order valence-electron chi connectivity index (χ4n) is 2.38. The highest BCUT2D eigenvalue weighted by atomic mass is 15.1. The molecule has 0 unspecified atom stereocenters. The molecule has 0 fully saturated rings. The lowest BCUT2D eigenvalue weighted by molar-refractivity contribution is 0.296. The Morgan fingerprint density at radius 1 is 1.14 bits per heavy atom. The van der Waals surface area contributed by atoms with Crippen molar-refractivity contribution in [2.45, 2.75) is 20.4 Å². The number of nitrogen functional groups attached to an aromatic ring is 2. The number of anilines is 2. The first kappa shape index (κ1) is 15.7. The number of nitrogens with zero attached hydrogens (tertiary/aromatic N) is 4. The first-order chi connectivity index (χ1) is 10.6. The molecule has 0 aliphatic heterocycles. The van der Waals surface area contributed by atoms with Gasteiger partial charge in [-0.3, -0.25) is 4.90 Å². The number of benzene rings is 1. The Morgan fingerprint density at radius 2 is 1.82 bits per heavy atom. The molecule has 1 aromatic carbocycles. The number of hydrogen-bond acceptors (Lipinski definition) is 6. The lowest BCUT2D eigenvalue weighted by Crippen LogP contribution is -2.22. The molecule has 0 spiro atoms. The number of rotatable bonds is 5. The molecule has 6 nitrogen and oxygen atoms in total. The van der Waals surface area contributed by atoms with Crippen LogP contribution in [0.25, 0.3) is 11.3 Å². The summed E-state index contributed by atoms with van der Waals surface area (Å²) in [6.07, 6.45) is 0. The van der Waals surface area contributed by atoms with E-state index in [2.05, 4.69) is 34.8 Å². The molecule has 0 saturated heterocycles. The molecule has 0 saturated carbocycles. The minimum atomic E-state index is 0.0733. The second-order valence-electron chi connectivity index (χ2n) is 4.92. The fraction of sp³-hybridized carbons (Fsp3) is 0.312. The molecule has 2 rings (SSSR count). The van der Waals surface area contributed by atoms with Gasteiger partial charge in [0.05, 0.1) is 5.69 Å². The minimum absolute atomic E-state index is 0.0733. The van der Waals surface area contributed by atoms with Crippen LogP contribution in [0.4, 0.5) is 11.8 Å². The van der Waals surface area contributed by atoms with Gasteiger partial charge in [-0.15, -0.1) is 0 Å². The van der Waals surface area contributed by atoms with Gasteiger partial charge in [-0.25, -0.2) is 4.98 Å². The van der Waals surface area contributed by atoms with Crippen molar-refractivity contribution in [3.63, 3.8) is 0 Å². The molecule has 2 aromatic rings. The number of nitriles is 1. The molecule has 114 valence electrons. The maximum absolute atomic E-state index is 9.36. The van der Waals surface area contributed by atoms with Gasteiger partial charge < -0.3 is 11.5 Å². The summed E-state index contributed by atoms with van der Waals surface area (Å²) < 4.78 is 0. The van der Waals surface area contributed by atoms with Gasteiger partial charge >= 0.3 is 0 Å². The van der Waals surface area contributed by atoms with Crippen LogP contribution in [0.2, 0.25) is 0 Å². The van der Waals surface area contributed by atoms with Crippen LogP contribution in [0.1, 0.15) is 25.0 Å². The van der Waals surface area contributed by atoms with Crippen molar-refractivity contribution < 1.29 is 0 Å². The molecule has 0 aliphatic rings. The van der Waals surface area contributed by atoms with Gasteiger partial charge in [0.1, 0.15) is 17.5 Å². The van der Waals surface area contributed by atoms with Gasteiger partial charge in [0, 0.05) is 12.1 Å². The molecule has 4 N–H and O–H groups in total. The van der Waals surface area contributed by atoms with Crippen molar-refractivity contribution >= 4 is 11.8 Å². The molecule has 22 heavy (non-hydrogen) atoms. The van der Waals surface area contributed by atoms with E-state index in [0.717, 1.165) is 30.8 Å². The monoisotopic (exact) mass is 296 g/mol. The quantitative estimate of drug-likeness (QED) is 0.874. The highest BCUT2D eigenvalue weighted by molar-refractivity contribution is 5.75. The van der Waals surface area contributed by atoms with Crippen LogP contribution >= 0.6 is 0 Å². The van der Waals surface area contributed by atoms with Gasteiger partial charge in [0.25, 0.3) is 0 Å². The summed E-state index contributed by atoms with van der Waals surface area (Å²) in [5.41, 5.74) is 14.2. The zero-order chi connectivity index (χ0) is 16.1. The standard InChI is InChI=1S/C16H20N6/c1-3-22(4-2)10-11-7-5-6-8-12(11)14-13(9-17)15(18)21-16(19)20-14/h5-8H,3-4,10H2,1-2H3,(H4,18,19,20,21). The van der Waals surface area contributed by atoms with Crippen LogP contribution in [0, 0.1) is 11.3 Å². The molecular weight excluding hydrogens is 276 g/mol. The minimum Gasteiger partial charge on any atom is -0.382 e. The Balaban J connectivity index is 2.57. The summed E-state index contributed by atoms with van der Waals surface area (Å²) >= 11 is 0. The van der Waals surface area contributed by atoms with Gasteiger partial charge in [-0.2, -0.15) is 10.2 Å². The second-order valence-corrected chi connectivity index (χ2v) is 4.92. The molecule has 1 aromatic heterocycles.